The molecule has 0 bridgehead atoms. The lowest BCUT2D eigenvalue weighted by molar-refractivity contribution is 0.872. The van der Waals surface area contributed by atoms with Gasteiger partial charge in [0.15, 0.2) is 0 Å². The fourth-order valence-corrected chi connectivity index (χ4v) is 1.68. The molecule has 0 aliphatic rings. The summed E-state index contributed by atoms with van der Waals surface area (Å²) in [6.45, 7) is 1.82. The van der Waals surface area contributed by atoms with Gasteiger partial charge < -0.3 is 0 Å². The molecule has 1 aromatic heterocycles. The fraction of sp³-hybridized carbons (Fsp3) is 0.0909. The van der Waals surface area contributed by atoms with Crippen LogP contribution in [0.5, 0.6) is 0 Å². The van der Waals surface area contributed by atoms with Gasteiger partial charge in [-0.2, -0.15) is 4.98 Å². The lowest BCUT2D eigenvalue weighted by Gasteiger charge is -2.08. The molecule has 0 atom stereocenters. The highest BCUT2D eigenvalue weighted by Crippen LogP contribution is 2.09. The molecule has 0 unspecified atom stereocenters. The first-order chi connectivity index (χ1) is 7.18. The van der Waals surface area contributed by atoms with E-state index in [0.29, 0.717) is 0 Å². The molecule has 2 aromatic rings. The summed E-state index contributed by atoms with van der Waals surface area (Å²) in [6, 6.07) is 11.0. The van der Waals surface area contributed by atoms with E-state index in [0.717, 1.165) is 11.4 Å². The molecule has 15 heavy (non-hydrogen) atoms. The average molecular weight is 221 g/mol. The molecule has 0 radical (unpaired) electrons. The predicted octanol–water partition coefficient (Wildman–Crippen LogP) is 2.19. The molecule has 0 saturated heterocycles. The predicted molar refractivity (Wildman–Crippen MR) is 59.6 cm³/mol. The van der Waals surface area contributed by atoms with Gasteiger partial charge in [0, 0.05) is 5.69 Å². The number of aryl methyl sites for hydroxylation is 1. The number of para-hydroxylation sites is 1. The summed E-state index contributed by atoms with van der Waals surface area (Å²) >= 11 is 5.69. The van der Waals surface area contributed by atoms with Crippen LogP contribution in [0.15, 0.2) is 41.2 Å². The Hall–Kier alpha value is -1.61. The Kier molecular flexibility index (Phi) is 2.56. The number of halogens is 1. The van der Waals surface area contributed by atoms with Gasteiger partial charge >= 0.3 is 5.69 Å². The quantitative estimate of drug-likeness (QED) is 0.691. The molecule has 0 saturated carbocycles. The molecule has 0 amide bonds. The standard InChI is InChI=1S/C11H9ClN2O/c1-8-7-10(12)13-11(15)14(8)9-5-3-2-4-6-9/h2-7H,1H3. The summed E-state index contributed by atoms with van der Waals surface area (Å²) in [6.07, 6.45) is 0. The Morgan fingerprint density at radius 3 is 2.53 bits per heavy atom. The summed E-state index contributed by atoms with van der Waals surface area (Å²) in [7, 11) is 0. The molecule has 4 heteroatoms. The maximum absolute atomic E-state index is 11.6. The number of hydrogen-bond acceptors (Lipinski definition) is 2. The highest BCUT2D eigenvalue weighted by Gasteiger charge is 2.04. The molecule has 1 aromatic carbocycles. The molecular formula is C11H9ClN2O. The third-order valence-corrected chi connectivity index (χ3v) is 2.28. The van der Waals surface area contributed by atoms with Crippen LogP contribution in [-0.4, -0.2) is 9.55 Å². The van der Waals surface area contributed by atoms with E-state index in [1.807, 2.05) is 37.3 Å². The number of nitrogens with zero attached hydrogens (tertiary/aromatic N) is 2. The van der Waals surface area contributed by atoms with Crippen LogP contribution in [-0.2, 0) is 0 Å². The second kappa shape index (κ2) is 3.87. The smallest absolute Gasteiger partial charge is 0.265 e. The third kappa shape index (κ3) is 1.92. The second-order valence-electron chi connectivity index (χ2n) is 3.17. The Labute approximate surface area is 92.0 Å². The lowest BCUT2D eigenvalue weighted by atomic mass is 10.3. The monoisotopic (exact) mass is 220 g/mol. The van der Waals surface area contributed by atoms with Crippen molar-refractivity contribution in [3.05, 3.63) is 57.7 Å². The summed E-state index contributed by atoms with van der Waals surface area (Å²) in [5.74, 6) is 0. The van der Waals surface area contributed by atoms with Gasteiger partial charge in [-0.15, -0.1) is 0 Å². The molecule has 0 fully saturated rings. The van der Waals surface area contributed by atoms with Gasteiger partial charge in [-0.05, 0) is 25.1 Å². The molecule has 0 aliphatic carbocycles. The first-order valence-corrected chi connectivity index (χ1v) is 4.88. The zero-order chi connectivity index (χ0) is 10.8. The number of rotatable bonds is 1. The van der Waals surface area contributed by atoms with Crippen LogP contribution in [0.1, 0.15) is 5.69 Å². The largest absolute Gasteiger partial charge is 0.353 e. The topological polar surface area (TPSA) is 34.9 Å². The van der Waals surface area contributed by atoms with Crippen LogP contribution in [0.25, 0.3) is 5.69 Å². The number of hydrogen-bond donors (Lipinski definition) is 0. The van der Waals surface area contributed by atoms with E-state index in [2.05, 4.69) is 4.98 Å². The van der Waals surface area contributed by atoms with E-state index >= 15 is 0 Å². The van der Waals surface area contributed by atoms with Gasteiger partial charge in [0.2, 0.25) is 0 Å². The highest BCUT2D eigenvalue weighted by molar-refractivity contribution is 6.29. The molecule has 0 N–H and O–H groups in total. The van der Waals surface area contributed by atoms with E-state index in [1.165, 1.54) is 4.57 Å². The molecule has 0 spiro atoms. The van der Waals surface area contributed by atoms with Gasteiger partial charge in [-0.3, -0.25) is 4.57 Å². The van der Waals surface area contributed by atoms with E-state index < -0.39 is 0 Å². The summed E-state index contributed by atoms with van der Waals surface area (Å²) in [5, 5.41) is 0.227. The zero-order valence-electron chi connectivity index (χ0n) is 8.14. The van der Waals surface area contributed by atoms with Gasteiger partial charge in [0.1, 0.15) is 5.15 Å². The molecule has 2 rings (SSSR count). The third-order valence-electron chi connectivity index (χ3n) is 2.09. The van der Waals surface area contributed by atoms with Crippen molar-refractivity contribution in [2.75, 3.05) is 0 Å². The maximum atomic E-state index is 11.6. The Morgan fingerprint density at radius 2 is 1.93 bits per heavy atom. The van der Waals surface area contributed by atoms with Gasteiger partial charge in [-0.1, -0.05) is 29.8 Å². The van der Waals surface area contributed by atoms with Crippen LogP contribution in [0.2, 0.25) is 5.15 Å². The van der Waals surface area contributed by atoms with Gasteiger partial charge in [0.25, 0.3) is 0 Å². The van der Waals surface area contributed by atoms with Crippen molar-refractivity contribution in [2.24, 2.45) is 0 Å². The zero-order valence-corrected chi connectivity index (χ0v) is 8.90. The van der Waals surface area contributed by atoms with Gasteiger partial charge in [0.05, 0.1) is 5.69 Å². The summed E-state index contributed by atoms with van der Waals surface area (Å²) in [5.41, 5.74) is 1.21. The van der Waals surface area contributed by atoms with E-state index in [-0.39, 0.29) is 10.8 Å². The van der Waals surface area contributed by atoms with Crippen molar-refractivity contribution in [1.82, 2.24) is 9.55 Å². The van der Waals surface area contributed by atoms with Crippen LogP contribution in [0.4, 0.5) is 0 Å². The Morgan fingerprint density at radius 1 is 1.27 bits per heavy atom. The number of benzene rings is 1. The van der Waals surface area contributed by atoms with Crippen molar-refractivity contribution in [1.29, 1.82) is 0 Å². The van der Waals surface area contributed by atoms with Crippen molar-refractivity contribution in [3.63, 3.8) is 0 Å². The Balaban J connectivity index is 2.69. The van der Waals surface area contributed by atoms with Crippen molar-refractivity contribution < 1.29 is 0 Å². The van der Waals surface area contributed by atoms with E-state index in [9.17, 15) is 4.79 Å². The van der Waals surface area contributed by atoms with E-state index in [1.54, 1.807) is 6.07 Å². The van der Waals surface area contributed by atoms with Crippen molar-refractivity contribution in [2.45, 2.75) is 6.92 Å². The SMILES string of the molecule is Cc1cc(Cl)nc(=O)n1-c1ccccc1. The molecule has 76 valence electrons. The first-order valence-electron chi connectivity index (χ1n) is 4.50. The van der Waals surface area contributed by atoms with Crippen molar-refractivity contribution >= 4 is 11.6 Å². The van der Waals surface area contributed by atoms with Crippen LogP contribution < -0.4 is 5.69 Å². The van der Waals surface area contributed by atoms with Crippen LogP contribution in [0.3, 0.4) is 0 Å². The minimum absolute atomic E-state index is 0.227. The minimum Gasteiger partial charge on any atom is -0.265 e. The van der Waals surface area contributed by atoms with Crippen LogP contribution >= 0.6 is 11.6 Å². The lowest BCUT2D eigenvalue weighted by Crippen LogP contribution is -2.23. The second-order valence-corrected chi connectivity index (χ2v) is 3.56. The molecule has 0 aliphatic heterocycles. The van der Waals surface area contributed by atoms with E-state index in [4.69, 9.17) is 11.6 Å². The highest BCUT2D eigenvalue weighted by atomic mass is 35.5. The summed E-state index contributed by atoms with van der Waals surface area (Å²) in [4.78, 5) is 15.3. The van der Waals surface area contributed by atoms with Crippen LogP contribution in [0, 0.1) is 6.92 Å². The first kappa shape index (κ1) is 9.93. The molecule has 1 heterocycles. The minimum atomic E-state index is -0.355. The average Bonchev–Trinajstić information content (AvgIpc) is 2.17. The van der Waals surface area contributed by atoms with Gasteiger partial charge in [-0.25, -0.2) is 4.79 Å². The van der Waals surface area contributed by atoms with Crippen molar-refractivity contribution in [3.8, 4) is 5.69 Å². The summed E-state index contributed by atoms with van der Waals surface area (Å²) < 4.78 is 1.52. The molecular weight excluding hydrogens is 212 g/mol. The molecule has 3 nitrogen and oxygen atoms in total. The normalized spacial score (nSPS) is 10.3. The Bertz CT molecular complexity index is 534. The maximum Gasteiger partial charge on any atom is 0.353 e. The number of aromatic nitrogens is 2. The fourth-order valence-electron chi connectivity index (χ4n) is 1.45.